The van der Waals surface area contributed by atoms with Crippen LogP contribution in [0.1, 0.15) is 57.7 Å². The zero-order valence-electron chi connectivity index (χ0n) is 25.7. The third-order valence-electron chi connectivity index (χ3n) is 7.90. The number of aliphatic carboxylic acids is 1. The Morgan fingerprint density at radius 1 is 0.956 bits per heavy atom. The van der Waals surface area contributed by atoms with Gasteiger partial charge in [0.2, 0.25) is 12.7 Å². The number of para-hydroxylation sites is 1. The predicted octanol–water partition coefficient (Wildman–Crippen LogP) is 5.50. The average Bonchev–Trinajstić information content (AvgIpc) is 3.53. The van der Waals surface area contributed by atoms with Crippen LogP contribution in [0.15, 0.2) is 72.8 Å². The van der Waals surface area contributed by atoms with Crippen LogP contribution in [-0.4, -0.2) is 57.1 Å². The monoisotopic (exact) mass is 615 g/mol. The average molecular weight is 616 g/mol. The molecule has 2 N–H and O–H groups in total. The van der Waals surface area contributed by atoms with E-state index in [2.05, 4.69) is 5.32 Å². The van der Waals surface area contributed by atoms with Gasteiger partial charge in [0.25, 0.3) is 5.91 Å². The van der Waals surface area contributed by atoms with Gasteiger partial charge >= 0.3 is 12.0 Å². The molecule has 45 heavy (non-hydrogen) atoms. The Labute approximate surface area is 261 Å². The quantitative estimate of drug-likeness (QED) is 0.255. The maximum atomic E-state index is 13.9. The highest BCUT2D eigenvalue weighted by molar-refractivity contribution is 6.09. The number of imide groups is 1. The summed E-state index contributed by atoms with van der Waals surface area (Å²) in [6, 6.07) is 18.9. The zero-order chi connectivity index (χ0) is 32.3. The van der Waals surface area contributed by atoms with Crippen molar-refractivity contribution in [3.05, 3.63) is 83.9 Å². The molecule has 11 heteroatoms. The van der Waals surface area contributed by atoms with Crippen LogP contribution < -0.4 is 19.5 Å². The number of hydrogen-bond donors (Lipinski definition) is 2. The van der Waals surface area contributed by atoms with E-state index in [-0.39, 0.29) is 25.7 Å². The Morgan fingerprint density at radius 2 is 1.62 bits per heavy atom. The van der Waals surface area contributed by atoms with Crippen molar-refractivity contribution < 1.29 is 38.5 Å². The number of rotatable bonds is 12. The summed E-state index contributed by atoms with van der Waals surface area (Å²) < 4.78 is 16.7. The van der Waals surface area contributed by atoms with Crippen molar-refractivity contribution in [1.82, 2.24) is 15.1 Å². The summed E-state index contributed by atoms with van der Waals surface area (Å²) in [5, 5.41) is 12.4. The Kier molecular flexibility index (Phi) is 8.99. The van der Waals surface area contributed by atoms with Gasteiger partial charge in [0.05, 0.1) is 12.5 Å². The number of ether oxygens (including phenoxy) is 3. The number of benzene rings is 3. The van der Waals surface area contributed by atoms with Crippen LogP contribution >= 0.6 is 0 Å². The molecule has 3 aromatic rings. The molecule has 2 aliphatic rings. The van der Waals surface area contributed by atoms with E-state index in [4.69, 9.17) is 14.2 Å². The van der Waals surface area contributed by atoms with Crippen LogP contribution in [0.5, 0.6) is 23.0 Å². The van der Waals surface area contributed by atoms with E-state index in [0.717, 1.165) is 10.5 Å². The van der Waals surface area contributed by atoms with Crippen LogP contribution in [-0.2, 0) is 20.9 Å². The van der Waals surface area contributed by atoms with Gasteiger partial charge in [-0.3, -0.25) is 14.4 Å². The van der Waals surface area contributed by atoms with E-state index in [0.29, 0.717) is 28.6 Å². The van der Waals surface area contributed by atoms with Crippen LogP contribution in [0.25, 0.3) is 0 Å². The second-order valence-corrected chi connectivity index (χ2v) is 12.1. The molecule has 3 aromatic carbocycles. The molecule has 2 atom stereocenters. The minimum atomic E-state index is -1.23. The SMILES string of the molecule is CC(C)CC(C(=O)NC(CC(=O)O)c1ccc2c(c1)OCO2)N1C(=O)N(Cc2ccc(Oc3ccccc3)cc2)C(C)(C)C1=O. The number of urea groups is 1. The van der Waals surface area contributed by atoms with Crippen molar-refractivity contribution in [2.75, 3.05) is 6.79 Å². The number of carboxylic acids is 1. The van der Waals surface area contributed by atoms with Crippen molar-refractivity contribution >= 4 is 23.8 Å². The summed E-state index contributed by atoms with van der Waals surface area (Å²) in [5.41, 5.74) is 0.0449. The van der Waals surface area contributed by atoms with Crippen molar-refractivity contribution in [2.45, 2.75) is 64.7 Å². The van der Waals surface area contributed by atoms with E-state index in [1.165, 1.54) is 4.90 Å². The third kappa shape index (κ3) is 6.87. The summed E-state index contributed by atoms with van der Waals surface area (Å²) in [4.78, 5) is 55.9. The van der Waals surface area contributed by atoms with Crippen molar-refractivity contribution in [3.8, 4) is 23.0 Å². The molecule has 4 amide bonds. The lowest BCUT2D eigenvalue weighted by Gasteiger charge is -2.29. The lowest BCUT2D eigenvalue weighted by Crippen LogP contribution is -2.52. The summed E-state index contributed by atoms with van der Waals surface area (Å²) in [6.45, 7) is 7.27. The normalized spacial score (nSPS) is 16.6. The second-order valence-electron chi connectivity index (χ2n) is 12.1. The number of fused-ring (bicyclic) bond motifs is 1. The molecule has 0 radical (unpaired) electrons. The Bertz CT molecular complexity index is 1570. The first-order chi connectivity index (χ1) is 21.4. The minimum absolute atomic E-state index is 0.0439. The first-order valence-electron chi connectivity index (χ1n) is 14.8. The molecule has 2 unspecified atom stereocenters. The number of amides is 4. The van der Waals surface area contributed by atoms with Crippen LogP contribution in [0.3, 0.4) is 0 Å². The molecule has 1 saturated heterocycles. The molecule has 1 fully saturated rings. The molecule has 0 spiro atoms. The topological polar surface area (TPSA) is 135 Å². The number of nitrogens with zero attached hydrogens (tertiary/aromatic N) is 2. The summed E-state index contributed by atoms with van der Waals surface area (Å²) in [5.74, 6) is -0.0193. The first kappa shape index (κ1) is 31.4. The van der Waals surface area contributed by atoms with E-state index < -0.39 is 47.9 Å². The van der Waals surface area contributed by atoms with Crippen molar-refractivity contribution in [2.24, 2.45) is 5.92 Å². The summed E-state index contributed by atoms with van der Waals surface area (Å²) >= 11 is 0. The molecule has 236 valence electrons. The van der Waals surface area contributed by atoms with Gasteiger partial charge in [-0.1, -0.05) is 50.2 Å². The van der Waals surface area contributed by atoms with E-state index >= 15 is 0 Å². The largest absolute Gasteiger partial charge is 0.481 e. The minimum Gasteiger partial charge on any atom is -0.481 e. The Morgan fingerprint density at radius 3 is 2.29 bits per heavy atom. The Balaban J connectivity index is 1.36. The van der Waals surface area contributed by atoms with Crippen molar-refractivity contribution in [3.63, 3.8) is 0 Å². The van der Waals surface area contributed by atoms with Gasteiger partial charge in [-0.25, -0.2) is 9.69 Å². The smallest absolute Gasteiger partial charge is 0.328 e. The highest BCUT2D eigenvalue weighted by Gasteiger charge is 2.54. The fourth-order valence-corrected chi connectivity index (χ4v) is 5.48. The molecular formula is C34H37N3O8. The molecule has 0 saturated carbocycles. The number of nitrogens with one attached hydrogen (secondary N) is 1. The first-order valence-corrected chi connectivity index (χ1v) is 14.8. The molecule has 0 aromatic heterocycles. The number of hydrogen-bond acceptors (Lipinski definition) is 7. The molecule has 5 rings (SSSR count). The Hall–Kier alpha value is -5.06. The molecule has 2 aliphatic heterocycles. The van der Waals surface area contributed by atoms with Gasteiger partial charge in [-0.15, -0.1) is 0 Å². The van der Waals surface area contributed by atoms with Gasteiger partial charge in [-0.2, -0.15) is 0 Å². The predicted molar refractivity (Wildman–Crippen MR) is 164 cm³/mol. The maximum absolute atomic E-state index is 13.9. The fraction of sp³-hybridized carbons (Fsp3) is 0.353. The van der Waals surface area contributed by atoms with E-state index in [9.17, 15) is 24.3 Å². The van der Waals surface area contributed by atoms with Gasteiger partial charge < -0.3 is 29.5 Å². The van der Waals surface area contributed by atoms with Gasteiger partial charge in [0.15, 0.2) is 11.5 Å². The third-order valence-corrected chi connectivity index (χ3v) is 7.90. The number of carbonyl (C=O) groups is 4. The van der Waals surface area contributed by atoms with Crippen LogP contribution in [0.4, 0.5) is 4.79 Å². The lowest BCUT2D eigenvalue weighted by molar-refractivity contribution is -0.140. The highest BCUT2D eigenvalue weighted by atomic mass is 16.7. The number of carbonyl (C=O) groups excluding carboxylic acids is 3. The standard InChI is InChI=1S/C34H37N3O8/c1-21(2)16-27(31(40)35-26(18-30(38)39)23-12-15-28-29(17-23)44-20-43-28)37-32(41)34(3,4)36(33(37)42)19-22-10-13-25(14-11-22)45-24-8-6-5-7-9-24/h5-15,17,21,26-27H,16,18-20H2,1-4H3,(H,35,40)(H,38,39). The molecule has 11 nitrogen and oxygen atoms in total. The van der Waals surface area contributed by atoms with Crippen LogP contribution in [0, 0.1) is 5.92 Å². The second kappa shape index (κ2) is 12.9. The lowest BCUT2D eigenvalue weighted by atomic mass is 9.97. The van der Waals surface area contributed by atoms with Crippen LogP contribution in [0.2, 0.25) is 0 Å². The highest BCUT2D eigenvalue weighted by Crippen LogP contribution is 2.36. The molecule has 0 bridgehead atoms. The maximum Gasteiger partial charge on any atom is 0.328 e. The summed E-state index contributed by atoms with van der Waals surface area (Å²) in [6.07, 6.45) is -0.219. The van der Waals surface area contributed by atoms with E-state index in [1.807, 2.05) is 56.3 Å². The van der Waals surface area contributed by atoms with Gasteiger partial charge in [0.1, 0.15) is 23.1 Å². The number of carboxylic acid groups (broad SMARTS) is 1. The van der Waals surface area contributed by atoms with Gasteiger partial charge in [0, 0.05) is 6.54 Å². The zero-order valence-corrected chi connectivity index (χ0v) is 25.7. The molecule has 2 heterocycles. The summed E-state index contributed by atoms with van der Waals surface area (Å²) in [7, 11) is 0. The molecule has 0 aliphatic carbocycles. The van der Waals surface area contributed by atoms with E-state index in [1.54, 1.807) is 44.2 Å². The van der Waals surface area contributed by atoms with Gasteiger partial charge in [-0.05, 0) is 73.7 Å². The fourth-order valence-electron chi connectivity index (χ4n) is 5.48. The molecular weight excluding hydrogens is 578 g/mol. The van der Waals surface area contributed by atoms with Crippen molar-refractivity contribution in [1.29, 1.82) is 0 Å².